The van der Waals surface area contributed by atoms with E-state index >= 15 is 0 Å². The monoisotopic (exact) mass is 300 g/mol. The van der Waals surface area contributed by atoms with Crippen molar-refractivity contribution in [2.24, 2.45) is 0 Å². The first-order valence-corrected chi connectivity index (χ1v) is 6.59. The first-order chi connectivity index (χ1) is 10.6. The Labute approximate surface area is 127 Å². The van der Waals surface area contributed by atoms with Crippen LogP contribution in [0.3, 0.4) is 0 Å². The summed E-state index contributed by atoms with van der Waals surface area (Å²) in [7, 11) is 1.60. The molecule has 0 saturated carbocycles. The summed E-state index contributed by atoms with van der Waals surface area (Å²) in [5.74, 6) is -0.755. The summed E-state index contributed by atoms with van der Waals surface area (Å²) in [6, 6.07) is 14.2. The largest absolute Gasteiger partial charge is 0.497 e. The summed E-state index contributed by atoms with van der Waals surface area (Å²) in [4.78, 5) is 22.1. The van der Waals surface area contributed by atoms with Crippen LogP contribution in [0.1, 0.15) is 10.4 Å². The molecular weight excluding hydrogens is 284 g/mol. The standard InChI is InChI=1S/C16H16N2O4/c1-22-14-4-2-3-13(9-14)18-12-7-5-11(6-8-12)16(21)17-10-15(19)20/h2-9,18H,10H2,1H3,(H,17,21)(H,19,20). The molecule has 22 heavy (non-hydrogen) atoms. The van der Waals surface area contributed by atoms with Crippen molar-refractivity contribution in [1.82, 2.24) is 5.32 Å². The zero-order valence-corrected chi connectivity index (χ0v) is 12.0. The molecular formula is C16H16N2O4. The fourth-order valence-corrected chi connectivity index (χ4v) is 1.83. The molecule has 0 aliphatic heterocycles. The Hall–Kier alpha value is -3.02. The maximum Gasteiger partial charge on any atom is 0.322 e. The number of carboxylic acid groups (broad SMARTS) is 1. The molecule has 0 unspecified atom stereocenters. The predicted octanol–water partition coefficient (Wildman–Crippen LogP) is 2.25. The van der Waals surface area contributed by atoms with E-state index in [1.165, 1.54) is 0 Å². The topological polar surface area (TPSA) is 87.7 Å². The fraction of sp³-hybridized carbons (Fsp3) is 0.125. The van der Waals surface area contributed by atoms with Crippen LogP contribution in [0.5, 0.6) is 5.75 Å². The van der Waals surface area contributed by atoms with Crippen molar-refractivity contribution in [3.05, 3.63) is 54.1 Å². The van der Waals surface area contributed by atoms with Gasteiger partial charge in [-0.25, -0.2) is 0 Å². The van der Waals surface area contributed by atoms with E-state index in [1.807, 2.05) is 24.3 Å². The van der Waals surface area contributed by atoms with Gasteiger partial charge in [0, 0.05) is 23.0 Å². The number of anilines is 2. The summed E-state index contributed by atoms with van der Waals surface area (Å²) in [6.07, 6.45) is 0. The molecule has 3 N–H and O–H groups in total. The first-order valence-electron chi connectivity index (χ1n) is 6.59. The molecule has 2 aromatic rings. The Balaban J connectivity index is 2.02. The number of carbonyl (C=O) groups excluding carboxylic acids is 1. The number of amides is 1. The van der Waals surface area contributed by atoms with Gasteiger partial charge in [0.15, 0.2) is 0 Å². The number of aliphatic carboxylic acids is 1. The number of ether oxygens (including phenoxy) is 1. The van der Waals surface area contributed by atoms with Crippen LogP contribution in [-0.4, -0.2) is 30.6 Å². The Kier molecular flexibility index (Phi) is 4.98. The van der Waals surface area contributed by atoms with Crippen molar-refractivity contribution < 1.29 is 19.4 Å². The second-order valence-corrected chi connectivity index (χ2v) is 4.51. The van der Waals surface area contributed by atoms with Gasteiger partial charge < -0.3 is 20.5 Å². The number of hydrogen-bond donors (Lipinski definition) is 3. The maximum atomic E-state index is 11.7. The van der Waals surface area contributed by atoms with Gasteiger partial charge in [-0.2, -0.15) is 0 Å². The van der Waals surface area contributed by atoms with Gasteiger partial charge in [0.25, 0.3) is 5.91 Å². The molecule has 0 atom stereocenters. The van der Waals surface area contributed by atoms with Gasteiger partial charge in [-0.15, -0.1) is 0 Å². The van der Waals surface area contributed by atoms with Crippen molar-refractivity contribution in [3.63, 3.8) is 0 Å². The molecule has 6 heteroatoms. The lowest BCUT2D eigenvalue weighted by Gasteiger charge is -2.09. The van der Waals surface area contributed by atoms with E-state index < -0.39 is 18.4 Å². The van der Waals surface area contributed by atoms with Crippen LogP contribution in [0.4, 0.5) is 11.4 Å². The maximum absolute atomic E-state index is 11.7. The van der Waals surface area contributed by atoms with Gasteiger partial charge >= 0.3 is 5.97 Å². The minimum atomic E-state index is -1.08. The van der Waals surface area contributed by atoms with Gasteiger partial charge in [0.2, 0.25) is 0 Å². The number of hydrogen-bond acceptors (Lipinski definition) is 4. The van der Waals surface area contributed by atoms with Crippen LogP contribution in [-0.2, 0) is 4.79 Å². The molecule has 0 aromatic heterocycles. The molecule has 114 valence electrons. The number of benzene rings is 2. The number of methoxy groups -OCH3 is 1. The Morgan fingerprint density at radius 1 is 1.09 bits per heavy atom. The Morgan fingerprint density at radius 2 is 1.82 bits per heavy atom. The van der Waals surface area contributed by atoms with Gasteiger partial charge in [-0.05, 0) is 36.4 Å². The molecule has 0 bridgehead atoms. The smallest absolute Gasteiger partial charge is 0.322 e. The van der Waals surface area contributed by atoms with E-state index in [2.05, 4.69) is 10.6 Å². The molecule has 6 nitrogen and oxygen atoms in total. The van der Waals surface area contributed by atoms with E-state index in [9.17, 15) is 9.59 Å². The van der Waals surface area contributed by atoms with Crippen molar-refractivity contribution in [1.29, 1.82) is 0 Å². The summed E-state index contributed by atoms with van der Waals surface area (Å²) in [5.41, 5.74) is 2.07. The lowest BCUT2D eigenvalue weighted by Crippen LogP contribution is -2.29. The zero-order chi connectivity index (χ0) is 15.9. The predicted molar refractivity (Wildman–Crippen MR) is 82.7 cm³/mol. The molecule has 0 aliphatic rings. The van der Waals surface area contributed by atoms with Crippen LogP contribution in [0.2, 0.25) is 0 Å². The van der Waals surface area contributed by atoms with Crippen molar-refractivity contribution in [2.45, 2.75) is 0 Å². The highest BCUT2D eigenvalue weighted by Crippen LogP contribution is 2.21. The lowest BCUT2D eigenvalue weighted by molar-refractivity contribution is -0.135. The third kappa shape index (κ3) is 4.24. The Bertz CT molecular complexity index is 668. The fourth-order valence-electron chi connectivity index (χ4n) is 1.83. The third-order valence-corrected chi connectivity index (χ3v) is 2.91. The molecule has 0 saturated heterocycles. The highest BCUT2D eigenvalue weighted by atomic mass is 16.5. The van der Waals surface area contributed by atoms with E-state index in [-0.39, 0.29) is 0 Å². The van der Waals surface area contributed by atoms with Crippen LogP contribution < -0.4 is 15.4 Å². The zero-order valence-electron chi connectivity index (χ0n) is 12.0. The molecule has 1 amide bonds. The van der Waals surface area contributed by atoms with E-state index in [0.717, 1.165) is 17.1 Å². The van der Waals surface area contributed by atoms with E-state index in [0.29, 0.717) is 5.56 Å². The molecule has 0 spiro atoms. The molecule has 0 radical (unpaired) electrons. The molecule has 0 fully saturated rings. The van der Waals surface area contributed by atoms with Crippen LogP contribution in [0.15, 0.2) is 48.5 Å². The second-order valence-electron chi connectivity index (χ2n) is 4.51. The van der Waals surface area contributed by atoms with Gasteiger partial charge in [0.05, 0.1) is 7.11 Å². The van der Waals surface area contributed by atoms with Crippen molar-refractivity contribution >= 4 is 23.3 Å². The van der Waals surface area contributed by atoms with Gasteiger partial charge in [-0.1, -0.05) is 6.07 Å². The number of rotatable bonds is 6. The van der Waals surface area contributed by atoms with E-state index in [4.69, 9.17) is 9.84 Å². The highest BCUT2D eigenvalue weighted by Gasteiger charge is 2.07. The molecule has 2 rings (SSSR count). The van der Waals surface area contributed by atoms with E-state index in [1.54, 1.807) is 31.4 Å². The average Bonchev–Trinajstić information content (AvgIpc) is 2.53. The summed E-state index contributed by atoms with van der Waals surface area (Å²) >= 11 is 0. The molecule has 0 heterocycles. The second kappa shape index (κ2) is 7.12. The highest BCUT2D eigenvalue weighted by molar-refractivity contribution is 5.96. The summed E-state index contributed by atoms with van der Waals surface area (Å²) in [5, 5.41) is 14.0. The SMILES string of the molecule is COc1cccc(Nc2ccc(C(=O)NCC(=O)O)cc2)c1. The normalized spacial score (nSPS) is 9.86. The average molecular weight is 300 g/mol. The summed E-state index contributed by atoms with van der Waals surface area (Å²) < 4.78 is 5.15. The molecule has 2 aromatic carbocycles. The van der Waals surface area contributed by atoms with Crippen molar-refractivity contribution in [2.75, 3.05) is 19.0 Å². The minimum absolute atomic E-state index is 0.400. The van der Waals surface area contributed by atoms with Crippen LogP contribution >= 0.6 is 0 Å². The number of nitrogens with one attached hydrogen (secondary N) is 2. The summed E-state index contributed by atoms with van der Waals surface area (Å²) in [6.45, 7) is -0.400. The van der Waals surface area contributed by atoms with Crippen molar-refractivity contribution in [3.8, 4) is 5.75 Å². The molecule has 0 aliphatic carbocycles. The van der Waals surface area contributed by atoms with Crippen LogP contribution in [0, 0.1) is 0 Å². The first kappa shape index (κ1) is 15.4. The Morgan fingerprint density at radius 3 is 2.45 bits per heavy atom. The van der Waals surface area contributed by atoms with Gasteiger partial charge in [-0.3, -0.25) is 9.59 Å². The van der Waals surface area contributed by atoms with Crippen LogP contribution in [0.25, 0.3) is 0 Å². The number of carbonyl (C=O) groups is 2. The quantitative estimate of drug-likeness (QED) is 0.761. The third-order valence-electron chi connectivity index (χ3n) is 2.91. The number of carboxylic acids is 1. The lowest BCUT2D eigenvalue weighted by atomic mass is 10.2. The van der Waals surface area contributed by atoms with Gasteiger partial charge in [0.1, 0.15) is 12.3 Å². The minimum Gasteiger partial charge on any atom is -0.497 e.